The van der Waals surface area contributed by atoms with Crippen LogP contribution in [0.5, 0.6) is 0 Å². The first-order valence-electron chi connectivity index (χ1n) is 6.55. The maximum absolute atomic E-state index is 3.96. The standard InChI is InChI=1S/C18H17N/c1-3-17-16(13-14-9-5-4-6-10-14)15-11-7-8-12-18(15)19(17)2/h3-9,11-13H,1,10H2,2H3/b14-13-. The summed E-state index contributed by atoms with van der Waals surface area (Å²) in [5.41, 5.74) is 5.03. The van der Waals surface area contributed by atoms with Gasteiger partial charge in [-0.3, -0.25) is 0 Å². The molecule has 0 radical (unpaired) electrons. The van der Waals surface area contributed by atoms with E-state index in [2.05, 4.69) is 72.8 Å². The first-order valence-corrected chi connectivity index (χ1v) is 6.55. The molecule has 19 heavy (non-hydrogen) atoms. The molecule has 0 N–H and O–H groups in total. The SMILES string of the molecule is C=Cc1c(/C=C2/C=CC=CC2)c2ccccc2n1C. The van der Waals surface area contributed by atoms with Crippen molar-refractivity contribution in [3.05, 3.63) is 72.0 Å². The van der Waals surface area contributed by atoms with Gasteiger partial charge in [0, 0.05) is 29.2 Å². The van der Waals surface area contributed by atoms with E-state index in [0.717, 1.165) is 6.42 Å². The van der Waals surface area contributed by atoms with Crippen LogP contribution in [-0.4, -0.2) is 4.57 Å². The molecule has 1 aromatic carbocycles. The summed E-state index contributed by atoms with van der Waals surface area (Å²) < 4.78 is 2.21. The van der Waals surface area contributed by atoms with Gasteiger partial charge in [0.05, 0.1) is 0 Å². The van der Waals surface area contributed by atoms with E-state index in [1.54, 1.807) is 0 Å². The molecule has 0 aliphatic heterocycles. The molecule has 1 heterocycles. The van der Waals surface area contributed by atoms with Gasteiger partial charge in [0.1, 0.15) is 0 Å². The van der Waals surface area contributed by atoms with Crippen LogP contribution in [0.1, 0.15) is 17.7 Å². The van der Waals surface area contributed by atoms with Crippen LogP contribution in [0.2, 0.25) is 0 Å². The molecule has 0 unspecified atom stereocenters. The lowest BCUT2D eigenvalue weighted by atomic mass is 10.0. The molecular weight excluding hydrogens is 230 g/mol. The second-order valence-corrected chi connectivity index (χ2v) is 4.79. The predicted octanol–water partition coefficient (Wildman–Crippen LogP) is 4.72. The Labute approximate surface area is 113 Å². The molecule has 0 bridgehead atoms. The van der Waals surface area contributed by atoms with E-state index >= 15 is 0 Å². The summed E-state index contributed by atoms with van der Waals surface area (Å²) in [7, 11) is 2.10. The summed E-state index contributed by atoms with van der Waals surface area (Å²) in [4.78, 5) is 0. The van der Waals surface area contributed by atoms with Crippen LogP contribution in [0.15, 0.2) is 60.7 Å². The number of rotatable bonds is 2. The van der Waals surface area contributed by atoms with Gasteiger partial charge in [-0.05, 0) is 30.2 Å². The first kappa shape index (κ1) is 11.8. The fourth-order valence-electron chi connectivity index (χ4n) is 2.66. The van der Waals surface area contributed by atoms with Crippen molar-refractivity contribution in [3.8, 4) is 0 Å². The highest BCUT2D eigenvalue weighted by Gasteiger charge is 2.10. The number of hydrogen-bond acceptors (Lipinski definition) is 0. The van der Waals surface area contributed by atoms with Crippen molar-refractivity contribution in [2.24, 2.45) is 7.05 Å². The fraction of sp³-hybridized carbons (Fsp3) is 0.111. The molecule has 0 spiro atoms. The summed E-state index contributed by atoms with van der Waals surface area (Å²) in [6, 6.07) is 8.50. The largest absolute Gasteiger partial charge is 0.344 e. The highest BCUT2D eigenvalue weighted by molar-refractivity contribution is 5.94. The third-order valence-electron chi connectivity index (χ3n) is 3.63. The summed E-state index contributed by atoms with van der Waals surface area (Å²) in [5, 5.41) is 1.29. The highest BCUT2D eigenvalue weighted by Crippen LogP contribution is 2.29. The molecule has 1 nitrogen and oxygen atoms in total. The number of para-hydroxylation sites is 1. The van der Waals surface area contributed by atoms with E-state index in [0.29, 0.717) is 0 Å². The smallest absolute Gasteiger partial charge is 0.0488 e. The topological polar surface area (TPSA) is 4.93 Å². The quantitative estimate of drug-likeness (QED) is 0.723. The van der Waals surface area contributed by atoms with Crippen molar-refractivity contribution < 1.29 is 0 Å². The third-order valence-corrected chi connectivity index (χ3v) is 3.63. The maximum Gasteiger partial charge on any atom is 0.0488 e. The Bertz CT molecular complexity index is 723. The van der Waals surface area contributed by atoms with Gasteiger partial charge >= 0.3 is 0 Å². The second-order valence-electron chi connectivity index (χ2n) is 4.79. The zero-order chi connectivity index (χ0) is 13.2. The van der Waals surface area contributed by atoms with Crippen LogP contribution in [0.4, 0.5) is 0 Å². The predicted molar refractivity (Wildman–Crippen MR) is 83.9 cm³/mol. The van der Waals surface area contributed by atoms with Gasteiger partial charge < -0.3 is 4.57 Å². The number of aromatic nitrogens is 1. The molecule has 0 saturated heterocycles. The number of allylic oxidation sites excluding steroid dienone is 5. The molecule has 1 aromatic heterocycles. The van der Waals surface area contributed by atoms with Gasteiger partial charge in [-0.1, -0.05) is 49.1 Å². The van der Waals surface area contributed by atoms with Crippen molar-refractivity contribution in [2.45, 2.75) is 6.42 Å². The van der Waals surface area contributed by atoms with E-state index in [4.69, 9.17) is 0 Å². The van der Waals surface area contributed by atoms with Gasteiger partial charge in [0.2, 0.25) is 0 Å². The van der Waals surface area contributed by atoms with Crippen molar-refractivity contribution in [2.75, 3.05) is 0 Å². The summed E-state index contributed by atoms with van der Waals surface area (Å²) in [6.45, 7) is 3.96. The molecule has 1 aliphatic carbocycles. The van der Waals surface area contributed by atoms with Gasteiger partial charge in [0.25, 0.3) is 0 Å². The van der Waals surface area contributed by atoms with Crippen molar-refractivity contribution in [3.63, 3.8) is 0 Å². The Morgan fingerprint density at radius 3 is 2.79 bits per heavy atom. The zero-order valence-electron chi connectivity index (χ0n) is 11.1. The minimum atomic E-state index is 0.996. The Morgan fingerprint density at radius 2 is 2.05 bits per heavy atom. The number of hydrogen-bond donors (Lipinski definition) is 0. The van der Waals surface area contributed by atoms with E-state index in [9.17, 15) is 0 Å². The van der Waals surface area contributed by atoms with Crippen LogP contribution in [0.25, 0.3) is 23.1 Å². The summed E-state index contributed by atoms with van der Waals surface area (Å²) >= 11 is 0. The number of benzene rings is 1. The molecule has 0 fully saturated rings. The molecule has 94 valence electrons. The van der Waals surface area contributed by atoms with E-state index in [-0.39, 0.29) is 0 Å². The maximum atomic E-state index is 3.96. The molecule has 1 aliphatic rings. The van der Waals surface area contributed by atoms with Gasteiger partial charge in [0.15, 0.2) is 0 Å². The molecule has 0 amide bonds. The average Bonchev–Trinajstić information content (AvgIpc) is 2.73. The van der Waals surface area contributed by atoms with E-state index < -0.39 is 0 Å². The van der Waals surface area contributed by atoms with Crippen molar-refractivity contribution in [1.29, 1.82) is 0 Å². The Balaban J connectivity index is 2.25. The lowest BCUT2D eigenvalue weighted by molar-refractivity contribution is 0.953. The lowest BCUT2D eigenvalue weighted by Crippen LogP contribution is -1.90. The Hall–Kier alpha value is -2.28. The average molecular weight is 247 g/mol. The lowest BCUT2D eigenvalue weighted by Gasteiger charge is -2.03. The second kappa shape index (κ2) is 4.77. The molecule has 0 atom stereocenters. The van der Waals surface area contributed by atoms with Crippen molar-refractivity contribution >= 4 is 23.1 Å². The number of aryl methyl sites for hydroxylation is 1. The zero-order valence-corrected chi connectivity index (χ0v) is 11.1. The van der Waals surface area contributed by atoms with E-state index in [1.807, 2.05) is 6.08 Å². The van der Waals surface area contributed by atoms with Crippen LogP contribution in [0.3, 0.4) is 0 Å². The Kier molecular flexibility index (Phi) is 2.96. The fourth-order valence-corrected chi connectivity index (χ4v) is 2.66. The molecule has 1 heteroatoms. The van der Waals surface area contributed by atoms with E-state index in [1.165, 1.54) is 27.7 Å². The van der Waals surface area contributed by atoms with Crippen LogP contribution < -0.4 is 0 Å². The monoisotopic (exact) mass is 247 g/mol. The normalized spacial score (nSPS) is 16.4. The van der Waals surface area contributed by atoms with Crippen LogP contribution >= 0.6 is 0 Å². The van der Waals surface area contributed by atoms with Crippen LogP contribution in [0, 0.1) is 0 Å². The Morgan fingerprint density at radius 1 is 1.21 bits per heavy atom. The number of fused-ring (bicyclic) bond motifs is 1. The molecule has 3 rings (SSSR count). The highest BCUT2D eigenvalue weighted by atomic mass is 14.9. The number of nitrogens with zero attached hydrogens (tertiary/aromatic N) is 1. The summed E-state index contributed by atoms with van der Waals surface area (Å²) in [6.07, 6.45) is 13.8. The third kappa shape index (κ3) is 1.97. The molecular formula is C18H17N. The molecule has 2 aromatic rings. The van der Waals surface area contributed by atoms with Gasteiger partial charge in [-0.2, -0.15) is 0 Å². The minimum Gasteiger partial charge on any atom is -0.344 e. The molecule has 0 saturated carbocycles. The van der Waals surface area contributed by atoms with Gasteiger partial charge in [-0.25, -0.2) is 0 Å². The first-order chi connectivity index (χ1) is 9.31. The van der Waals surface area contributed by atoms with Gasteiger partial charge in [-0.15, -0.1) is 0 Å². The summed E-state index contributed by atoms with van der Waals surface area (Å²) in [5.74, 6) is 0. The van der Waals surface area contributed by atoms with Crippen LogP contribution in [-0.2, 0) is 7.05 Å². The van der Waals surface area contributed by atoms with Crippen molar-refractivity contribution in [1.82, 2.24) is 4.57 Å². The minimum absolute atomic E-state index is 0.996.